The molecule has 1 aromatic heterocycles. The largest absolute Gasteiger partial charge is 0.335 e. The van der Waals surface area contributed by atoms with Gasteiger partial charge in [-0.2, -0.15) is 0 Å². The summed E-state index contributed by atoms with van der Waals surface area (Å²) < 4.78 is 23.7. The molecule has 0 unspecified atom stereocenters. The van der Waals surface area contributed by atoms with Crippen LogP contribution in [-0.2, 0) is 14.6 Å². The van der Waals surface area contributed by atoms with Gasteiger partial charge in [0.2, 0.25) is 5.91 Å². The number of sulfone groups is 1. The molecule has 0 spiro atoms. The lowest BCUT2D eigenvalue weighted by molar-refractivity contribution is -0.132. The lowest BCUT2D eigenvalue weighted by Gasteiger charge is -2.33. The number of nitrogens with zero attached hydrogens (tertiary/aromatic N) is 3. The van der Waals surface area contributed by atoms with Crippen LogP contribution in [-0.4, -0.2) is 58.5 Å². The van der Waals surface area contributed by atoms with Crippen LogP contribution in [0.15, 0.2) is 35.6 Å². The van der Waals surface area contributed by atoms with E-state index in [1.807, 2.05) is 38.1 Å². The standard InChI is InChI=1S/C18H23N3O3S2/c1-3-13(2)21(14-8-9-26(23,24)11-14)17(22)10-25-18-15-6-4-5-7-16(15)19-12-20-18/h4-7,12-14H,3,8-11H2,1-2H3/t13-,14-/m1/s1. The van der Waals surface area contributed by atoms with Crippen molar-refractivity contribution in [3.05, 3.63) is 30.6 Å². The van der Waals surface area contributed by atoms with Crippen molar-refractivity contribution >= 4 is 38.4 Å². The number of rotatable bonds is 6. The summed E-state index contributed by atoms with van der Waals surface area (Å²) in [4.78, 5) is 23.2. The minimum absolute atomic E-state index is 0.0172. The number of carbonyl (C=O) groups is 1. The van der Waals surface area contributed by atoms with Gasteiger partial charge in [0.15, 0.2) is 9.84 Å². The molecule has 0 radical (unpaired) electrons. The van der Waals surface area contributed by atoms with Gasteiger partial charge < -0.3 is 4.90 Å². The fourth-order valence-electron chi connectivity index (χ4n) is 3.30. The highest BCUT2D eigenvalue weighted by Crippen LogP contribution is 2.27. The highest BCUT2D eigenvalue weighted by atomic mass is 32.2. The first-order valence-electron chi connectivity index (χ1n) is 8.75. The van der Waals surface area contributed by atoms with Crippen LogP contribution in [0.5, 0.6) is 0 Å². The summed E-state index contributed by atoms with van der Waals surface area (Å²) >= 11 is 1.38. The van der Waals surface area contributed by atoms with Crippen molar-refractivity contribution in [3.8, 4) is 0 Å². The molecule has 1 aromatic carbocycles. The molecule has 6 nitrogen and oxygen atoms in total. The summed E-state index contributed by atoms with van der Waals surface area (Å²) in [5.41, 5.74) is 0.845. The fourth-order valence-corrected chi connectivity index (χ4v) is 5.87. The van der Waals surface area contributed by atoms with Crippen LogP contribution in [0.1, 0.15) is 26.7 Å². The van der Waals surface area contributed by atoms with Crippen LogP contribution in [0.4, 0.5) is 0 Å². The normalized spacial score (nSPS) is 20.2. The lowest BCUT2D eigenvalue weighted by Crippen LogP contribution is -2.47. The first kappa shape index (κ1) is 19.1. The number of benzene rings is 1. The third-order valence-corrected chi connectivity index (χ3v) is 7.53. The molecule has 8 heteroatoms. The zero-order valence-electron chi connectivity index (χ0n) is 15.0. The summed E-state index contributed by atoms with van der Waals surface area (Å²) in [6.07, 6.45) is 2.83. The fraction of sp³-hybridized carbons (Fsp3) is 0.500. The van der Waals surface area contributed by atoms with Gasteiger partial charge in [-0.1, -0.05) is 36.9 Å². The van der Waals surface area contributed by atoms with Crippen LogP contribution < -0.4 is 0 Å². The third-order valence-electron chi connectivity index (χ3n) is 4.79. The quantitative estimate of drug-likeness (QED) is 0.554. The van der Waals surface area contributed by atoms with Crippen molar-refractivity contribution < 1.29 is 13.2 Å². The molecular formula is C18H23N3O3S2. The summed E-state index contributed by atoms with van der Waals surface area (Å²) in [5, 5.41) is 1.69. The number of carbonyl (C=O) groups excluding carboxylic acids is 1. The Bertz CT molecular complexity index is 896. The number of para-hydroxylation sites is 1. The van der Waals surface area contributed by atoms with Crippen LogP contribution in [0.25, 0.3) is 10.9 Å². The Hall–Kier alpha value is -1.67. The van der Waals surface area contributed by atoms with Crippen LogP contribution in [0, 0.1) is 0 Å². The molecule has 2 aromatic rings. The zero-order valence-corrected chi connectivity index (χ0v) is 16.6. The van der Waals surface area contributed by atoms with E-state index in [4.69, 9.17) is 0 Å². The third kappa shape index (κ3) is 4.17. The number of hydrogen-bond donors (Lipinski definition) is 0. The van der Waals surface area contributed by atoms with Crippen molar-refractivity contribution in [1.29, 1.82) is 0 Å². The van der Waals surface area contributed by atoms with Gasteiger partial charge in [0.05, 0.1) is 22.8 Å². The van der Waals surface area contributed by atoms with Crippen molar-refractivity contribution in [1.82, 2.24) is 14.9 Å². The number of hydrogen-bond acceptors (Lipinski definition) is 6. The highest BCUT2D eigenvalue weighted by Gasteiger charge is 2.36. The van der Waals surface area contributed by atoms with Gasteiger partial charge in [-0.15, -0.1) is 0 Å². The maximum atomic E-state index is 12.9. The van der Waals surface area contributed by atoms with E-state index < -0.39 is 9.84 Å². The van der Waals surface area contributed by atoms with Gasteiger partial charge in [-0.3, -0.25) is 4.79 Å². The summed E-state index contributed by atoms with van der Waals surface area (Å²) in [6, 6.07) is 7.50. The van der Waals surface area contributed by atoms with Crippen LogP contribution in [0.3, 0.4) is 0 Å². The molecular weight excluding hydrogens is 370 g/mol. The molecule has 2 atom stereocenters. The minimum Gasteiger partial charge on any atom is -0.335 e. The molecule has 3 rings (SSSR count). The van der Waals surface area contributed by atoms with E-state index in [-0.39, 0.29) is 35.2 Å². The number of thioether (sulfide) groups is 1. The molecule has 140 valence electrons. The predicted octanol–water partition coefficient (Wildman–Crippen LogP) is 2.54. The Morgan fingerprint density at radius 1 is 1.35 bits per heavy atom. The van der Waals surface area contributed by atoms with Crippen LogP contribution >= 0.6 is 11.8 Å². The predicted molar refractivity (Wildman–Crippen MR) is 104 cm³/mol. The van der Waals surface area contributed by atoms with E-state index in [0.717, 1.165) is 22.3 Å². The molecule has 0 aliphatic carbocycles. The van der Waals surface area contributed by atoms with Crippen LogP contribution in [0.2, 0.25) is 0 Å². The molecule has 1 aliphatic rings. The van der Waals surface area contributed by atoms with Gasteiger partial charge in [0.1, 0.15) is 11.4 Å². The molecule has 26 heavy (non-hydrogen) atoms. The SMILES string of the molecule is CC[C@@H](C)N(C(=O)CSc1ncnc2ccccc12)[C@@H]1CCS(=O)(=O)C1. The van der Waals surface area contributed by atoms with E-state index in [2.05, 4.69) is 9.97 Å². The van der Waals surface area contributed by atoms with Gasteiger partial charge in [0, 0.05) is 17.5 Å². The molecule has 1 amide bonds. The van der Waals surface area contributed by atoms with E-state index in [1.165, 1.54) is 18.1 Å². The van der Waals surface area contributed by atoms with Gasteiger partial charge in [-0.05, 0) is 25.8 Å². The molecule has 1 aliphatic heterocycles. The van der Waals surface area contributed by atoms with Crippen molar-refractivity contribution in [2.45, 2.75) is 43.8 Å². The minimum atomic E-state index is -3.03. The Morgan fingerprint density at radius 3 is 2.81 bits per heavy atom. The van der Waals surface area contributed by atoms with Crippen molar-refractivity contribution in [3.63, 3.8) is 0 Å². The Balaban J connectivity index is 1.75. The maximum absolute atomic E-state index is 12.9. The highest BCUT2D eigenvalue weighted by molar-refractivity contribution is 8.00. The molecule has 0 saturated carbocycles. The summed E-state index contributed by atoms with van der Waals surface area (Å²) in [6.45, 7) is 3.99. The number of aromatic nitrogens is 2. The lowest BCUT2D eigenvalue weighted by atomic mass is 10.1. The molecule has 0 N–H and O–H groups in total. The second-order valence-electron chi connectivity index (χ2n) is 6.60. The zero-order chi connectivity index (χ0) is 18.7. The monoisotopic (exact) mass is 393 g/mol. The van der Waals surface area contributed by atoms with Crippen molar-refractivity contribution in [2.75, 3.05) is 17.3 Å². The van der Waals surface area contributed by atoms with E-state index >= 15 is 0 Å². The molecule has 1 fully saturated rings. The van der Waals surface area contributed by atoms with Gasteiger partial charge in [0.25, 0.3) is 0 Å². The maximum Gasteiger partial charge on any atom is 0.233 e. The second kappa shape index (κ2) is 7.92. The summed E-state index contributed by atoms with van der Waals surface area (Å²) in [7, 11) is -3.03. The van der Waals surface area contributed by atoms with E-state index in [1.54, 1.807) is 4.90 Å². The molecule has 2 heterocycles. The first-order valence-corrected chi connectivity index (χ1v) is 11.6. The van der Waals surface area contributed by atoms with E-state index in [9.17, 15) is 13.2 Å². The Labute approximate surface area is 158 Å². The number of amides is 1. The topological polar surface area (TPSA) is 80.2 Å². The number of fused-ring (bicyclic) bond motifs is 1. The average molecular weight is 394 g/mol. The van der Waals surface area contributed by atoms with Crippen molar-refractivity contribution in [2.24, 2.45) is 0 Å². The first-order chi connectivity index (χ1) is 12.4. The smallest absolute Gasteiger partial charge is 0.233 e. The molecule has 0 bridgehead atoms. The average Bonchev–Trinajstić information content (AvgIpc) is 2.99. The van der Waals surface area contributed by atoms with Gasteiger partial charge in [-0.25, -0.2) is 18.4 Å². The van der Waals surface area contributed by atoms with E-state index in [0.29, 0.717) is 6.42 Å². The summed E-state index contributed by atoms with van der Waals surface area (Å²) in [5.74, 6) is 0.447. The Kier molecular flexibility index (Phi) is 5.82. The Morgan fingerprint density at radius 2 is 2.12 bits per heavy atom. The van der Waals surface area contributed by atoms with Gasteiger partial charge >= 0.3 is 0 Å². The second-order valence-corrected chi connectivity index (χ2v) is 9.79. The molecule has 1 saturated heterocycles.